The molecule has 0 aliphatic carbocycles. The number of hydrogen-bond acceptors (Lipinski definition) is 4. The predicted octanol–water partition coefficient (Wildman–Crippen LogP) is 0.634. The molecule has 110 valence electrons. The summed E-state index contributed by atoms with van der Waals surface area (Å²) in [5.74, 6) is -1.40. The molecular formula is C14H21N3O3. The van der Waals surface area contributed by atoms with E-state index in [0.717, 1.165) is 11.1 Å². The molecule has 0 bridgehead atoms. The number of nitrogens with two attached hydrogens (primary N) is 1. The standard InChI is InChI=1S/C14H21N3O3/c1-9-4-3-5-11(10(9)2)17-13(18)8-12(14(19)20)16-7-6-15/h3-5,12,16H,6-8,15H2,1-2H3,(H,17,18)(H,19,20)/t12-/m1/s1. The minimum atomic E-state index is -1.06. The number of carboxylic acids is 1. The van der Waals surface area contributed by atoms with E-state index in [9.17, 15) is 9.59 Å². The Bertz CT molecular complexity index is 489. The minimum absolute atomic E-state index is 0.136. The van der Waals surface area contributed by atoms with Crippen LogP contribution >= 0.6 is 0 Å². The Morgan fingerprint density at radius 3 is 2.65 bits per heavy atom. The number of carbonyl (C=O) groups is 2. The maximum absolute atomic E-state index is 11.9. The highest BCUT2D eigenvalue weighted by atomic mass is 16.4. The molecule has 5 N–H and O–H groups in total. The van der Waals surface area contributed by atoms with Crippen LogP contribution in [0.4, 0.5) is 5.69 Å². The fourth-order valence-electron chi connectivity index (χ4n) is 1.78. The van der Waals surface area contributed by atoms with Gasteiger partial charge in [0.05, 0.1) is 6.42 Å². The molecule has 0 saturated heterocycles. The molecule has 0 heterocycles. The van der Waals surface area contributed by atoms with Gasteiger partial charge in [0, 0.05) is 18.8 Å². The van der Waals surface area contributed by atoms with E-state index in [1.54, 1.807) is 6.07 Å². The van der Waals surface area contributed by atoms with Crippen molar-refractivity contribution >= 4 is 17.6 Å². The van der Waals surface area contributed by atoms with Crippen molar-refractivity contribution in [2.75, 3.05) is 18.4 Å². The molecule has 0 saturated carbocycles. The number of amides is 1. The van der Waals surface area contributed by atoms with Crippen LogP contribution in [0.1, 0.15) is 17.5 Å². The van der Waals surface area contributed by atoms with Crippen molar-refractivity contribution < 1.29 is 14.7 Å². The highest BCUT2D eigenvalue weighted by Crippen LogP contribution is 2.18. The smallest absolute Gasteiger partial charge is 0.321 e. The molecular weight excluding hydrogens is 258 g/mol. The van der Waals surface area contributed by atoms with Crippen molar-refractivity contribution in [1.82, 2.24) is 5.32 Å². The van der Waals surface area contributed by atoms with Crippen LogP contribution in [-0.4, -0.2) is 36.1 Å². The van der Waals surface area contributed by atoms with Crippen LogP contribution < -0.4 is 16.4 Å². The Morgan fingerprint density at radius 1 is 1.35 bits per heavy atom. The molecule has 0 aliphatic rings. The summed E-state index contributed by atoms with van der Waals surface area (Å²) in [5, 5.41) is 14.5. The third kappa shape index (κ3) is 4.64. The monoisotopic (exact) mass is 279 g/mol. The molecule has 1 atom stereocenters. The first-order chi connectivity index (χ1) is 9.45. The Morgan fingerprint density at radius 2 is 2.05 bits per heavy atom. The summed E-state index contributed by atoms with van der Waals surface area (Å²) >= 11 is 0. The van der Waals surface area contributed by atoms with E-state index in [2.05, 4.69) is 10.6 Å². The topological polar surface area (TPSA) is 104 Å². The van der Waals surface area contributed by atoms with Crippen LogP contribution in [0.3, 0.4) is 0 Å². The molecule has 0 spiro atoms. The summed E-state index contributed by atoms with van der Waals surface area (Å²) in [6.07, 6.45) is -0.136. The van der Waals surface area contributed by atoms with Gasteiger partial charge >= 0.3 is 5.97 Å². The number of aryl methyl sites for hydroxylation is 1. The Labute approximate surface area is 118 Å². The van der Waals surface area contributed by atoms with Crippen LogP contribution in [0.5, 0.6) is 0 Å². The second-order valence-corrected chi connectivity index (χ2v) is 4.63. The van der Waals surface area contributed by atoms with Gasteiger partial charge in [0.15, 0.2) is 0 Å². The van der Waals surface area contributed by atoms with E-state index in [0.29, 0.717) is 18.8 Å². The third-order valence-electron chi connectivity index (χ3n) is 3.10. The lowest BCUT2D eigenvalue weighted by Crippen LogP contribution is -2.41. The van der Waals surface area contributed by atoms with Crippen molar-refractivity contribution in [3.63, 3.8) is 0 Å². The Hall–Kier alpha value is -1.92. The summed E-state index contributed by atoms with van der Waals surface area (Å²) in [6.45, 7) is 4.54. The zero-order valence-electron chi connectivity index (χ0n) is 11.8. The summed E-state index contributed by atoms with van der Waals surface area (Å²) in [6, 6.07) is 4.67. The lowest BCUT2D eigenvalue weighted by molar-refractivity contribution is -0.141. The SMILES string of the molecule is Cc1cccc(NC(=O)C[C@@H](NCCN)C(=O)O)c1C. The number of anilines is 1. The molecule has 1 rings (SSSR count). The summed E-state index contributed by atoms with van der Waals surface area (Å²) in [7, 11) is 0. The number of nitrogens with one attached hydrogen (secondary N) is 2. The molecule has 0 unspecified atom stereocenters. The molecule has 0 radical (unpaired) electrons. The molecule has 6 heteroatoms. The minimum Gasteiger partial charge on any atom is -0.480 e. The van der Waals surface area contributed by atoms with Gasteiger partial charge in [-0.1, -0.05) is 12.1 Å². The van der Waals surface area contributed by atoms with E-state index in [1.165, 1.54) is 0 Å². The highest BCUT2D eigenvalue weighted by Gasteiger charge is 2.20. The first-order valence-electron chi connectivity index (χ1n) is 6.48. The molecule has 1 aromatic carbocycles. The van der Waals surface area contributed by atoms with Crippen LogP contribution in [0, 0.1) is 13.8 Å². The van der Waals surface area contributed by atoms with E-state index in [1.807, 2.05) is 26.0 Å². The van der Waals surface area contributed by atoms with E-state index in [4.69, 9.17) is 10.8 Å². The maximum Gasteiger partial charge on any atom is 0.321 e. The van der Waals surface area contributed by atoms with Crippen molar-refractivity contribution in [1.29, 1.82) is 0 Å². The lowest BCUT2D eigenvalue weighted by Gasteiger charge is -2.15. The van der Waals surface area contributed by atoms with E-state index in [-0.39, 0.29) is 12.3 Å². The van der Waals surface area contributed by atoms with Crippen molar-refractivity contribution in [3.05, 3.63) is 29.3 Å². The number of carbonyl (C=O) groups excluding carboxylic acids is 1. The number of aliphatic carboxylic acids is 1. The van der Waals surface area contributed by atoms with E-state index < -0.39 is 12.0 Å². The van der Waals surface area contributed by atoms with Crippen LogP contribution in [0.15, 0.2) is 18.2 Å². The van der Waals surface area contributed by atoms with Crippen molar-refractivity contribution in [3.8, 4) is 0 Å². The second kappa shape index (κ2) is 7.62. The maximum atomic E-state index is 11.9. The molecule has 6 nitrogen and oxygen atoms in total. The Kier molecular flexibility index (Phi) is 6.14. The van der Waals surface area contributed by atoms with Crippen LogP contribution in [0.25, 0.3) is 0 Å². The largest absolute Gasteiger partial charge is 0.480 e. The summed E-state index contributed by atoms with van der Waals surface area (Å²) in [4.78, 5) is 22.9. The Balaban J connectivity index is 2.66. The molecule has 1 amide bonds. The zero-order chi connectivity index (χ0) is 15.1. The molecule has 20 heavy (non-hydrogen) atoms. The number of rotatable bonds is 7. The van der Waals surface area contributed by atoms with Crippen LogP contribution in [-0.2, 0) is 9.59 Å². The van der Waals surface area contributed by atoms with Gasteiger partial charge in [-0.05, 0) is 31.0 Å². The van der Waals surface area contributed by atoms with Crippen molar-refractivity contribution in [2.24, 2.45) is 5.73 Å². The van der Waals surface area contributed by atoms with Gasteiger partial charge in [0.2, 0.25) is 5.91 Å². The van der Waals surface area contributed by atoms with Gasteiger partial charge in [-0.2, -0.15) is 0 Å². The number of benzene rings is 1. The first-order valence-corrected chi connectivity index (χ1v) is 6.48. The fourth-order valence-corrected chi connectivity index (χ4v) is 1.78. The van der Waals surface area contributed by atoms with Gasteiger partial charge in [-0.15, -0.1) is 0 Å². The van der Waals surface area contributed by atoms with Gasteiger partial charge in [0.25, 0.3) is 0 Å². The molecule has 0 aliphatic heterocycles. The van der Waals surface area contributed by atoms with Gasteiger partial charge in [0.1, 0.15) is 6.04 Å². The average molecular weight is 279 g/mol. The third-order valence-corrected chi connectivity index (χ3v) is 3.10. The number of carboxylic acid groups (broad SMARTS) is 1. The molecule has 0 fully saturated rings. The highest BCUT2D eigenvalue weighted by molar-refractivity contribution is 5.94. The second-order valence-electron chi connectivity index (χ2n) is 4.63. The summed E-state index contributed by atoms with van der Waals surface area (Å²) in [5.41, 5.74) is 8.06. The summed E-state index contributed by atoms with van der Waals surface area (Å²) < 4.78 is 0. The average Bonchev–Trinajstić information content (AvgIpc) is 2.39. The molecule has 1 aromatic rings. The normalized spacial score (nSPS) is 11.9. The van der Waals surface area contributed by atoms with Gasteiger partial charge in [-0.3, -0.25) is 9.59 Å². The predicted molar refractivity (Wildman–Crippen MR) is 77.6 cm³/mol. The zero-order valence-corrected chi connectivity index (χ0v) is 11.8. The van der Waals surface area contributed by atoms with Gasteiger partial charge in [-0.25, -0.2) is 0 Å². The van der Waals surface area contributed by atoms with Crippen molar-refractivity contribution in [2.45, 2.75) is 26.3 Å². The lowest BCUT2D eigenvalue weighted by atomic mass is 10.1. The van der Waals surface area contributed by atoms with Gasteiger partial charge < -0.3 is 21.5 Å². The van der Waals surface area contributed by atoms with Crippen LogP contribution in [0.2, 0.25) is 0 Å². The number of hydrogen-bond donors (Lipinski definition) is 4. The fraction of sp³-hybridized carbons (Fsp3) is 0.429. The molecule has 0 aromatic heterocycles. The first kappa shape index (κ1) is 16.1. The quantitative estimate of drug-likeness (QED) is 0.586. The van der Waals surface area contributed by atoms with E-state index >= 15 is 0 Å².